The number of ether oxygens (including phenoxy) is 1. The fraction of sp³-hybridized carbons (Fsp3) is 0.316. The van der Waals surface area contributed by atoms with E-state index in [0.717, 1.165) is 23.4 Å². The lowest BCUT2D eigenvalue weighted by Gasteiger charge is -2.34. The molecule has 1 amide bonds. The van der Waals surface area contributed by atoms with Crippen molar-refractivity contribution in [1.82, 2.24) is 0 Å². The Balaban J connectivity index is 1.91. The van der Waals surface area contributed by atoms with Gasteiger partial charge in [-0.25, -0.2) is 0 Å². The molecule has 1 heterocycles. The molecule has 23 heavy (non-hydrogen) atoms. The van der Waals surface area contributed by atoms with E-state index in [1.54, 1.807) is 4.90 Å². The maximum Gasteiger partial charge on any atom is 0.268 e. The van der Waals surface area contributed by atoms with Crippen LogP contribution in [0.15, 0.2) is 42.5 Å². The van der Waals surface area contributed by atoms with Crippen molar-refractivity contribution in [2.24, 2.45) is 0 Å². The van der Waals surface area contributed by atoms with Crippen LogP contribution in [-0.2, 0) is 11.2 Å². The molecule has 0 fully saturated rings. The minimum Gasteiger partial charge on any atom is -0.478 e. The molecular weight excluding hydrogens is 288 g/mol. The van der Waals surface area contributed by atoms with E-state index >= 15 is 0 Å². The van der Waals surface area contributed by atoms with E-state index in [9.17, 15) is 4.79 Å². The summed E-state index contributed by atoms with van der Waals surface area (Å²) in [5.41, 5.74) is 9.57. The first-order valence-electron chi connectivity index (χ1n) is 8.01. The van der Waals surface area contributed by atoms with Gasteiger partial charge >= 0.3 is 0 Å². The Bertz CT molecular complexity index is 727. The molecule has 0 bridgehead atoms. The van der Waals surface area contributed by atoms with Gasteiger partial charge in [-0.3, -0.25) is 4.79 Å². The molecule has 0 saturated carbocycles. The molecule has 3 rings (SSSR count). The van der Waals surface area contributed by atoms with Gasteiger partial charge in [0.1, 0.15) is 5.75 Å². The number of amides is 1. The predicted octanol–water partition coefficient (Wildman–Crippen LogP) is 3.32. The summed E-state index contributed by atoms with van der Waals surface area (Å²) in [6, 6.07) is 13.7. The van der Waals surface area contributed by atoms with Crippen molar-refractivity contribution in [3.63, 3.8) is 0 Å². The number of carbonyl (C=O) groups excluding carboxylic acids is 1. The van der Waals surface area contributed by atoms with Crippen LogP contribution in [0.1, 0.15) is 24.5 Å². The molecule has 1 aliphatic heterocycles. The number of benzene rings is 2. The molecule has 2 N–H and O–H groups in total. The molecular formula is C19H22N2O2. The number of fused-ring (bicyclic) bond motifs is 1. The molecule has 4 nitrogen and oxygen atoms in total. The highest BCUT2D eigenvalue weighted by atomic mass is 16.5. The van der Waals surface area contributed by atoms with Gasteiger partial charge in [-0.15, -0.1) is 0 Å². The fourth-order valence-electron chi connectivity index (χ4n) is 2.98. The van der Waals surface area contributed by atoms with E-state index in [4.69, 9.17) is 10.5 Å². The van der Waals surface area contributed by atoms with E-state index in [1.165, 1.54) is 5.56 Å². The zero-order chi connectivity index (χ0) is 16.4. The highest BCUT2D eigenvalue weighted by molar-refractivity contribution is 6.00. The molecule has 1 aliphatic rings. The Labute approximate surface area is 136 Å². The van der Waals surface area contributed by atoms with Crippen LogP contribution >= 0.6 is 0 Å². The Hall–Kier alpha value is -2.49. The topological polar surface area (TPSA) is 55.6 Å². The normalized spacial score (nSPS) is 16.9. The third kappa shape index (κ3) is 3.16. The SMILES string of the molecule is CCCN1C(=O)C(Cc2cccc(C)c2)Oc2ccc(N)cc21. The second kappa shape index (κ2) is 6.32. The van der Waals surface area contributed by atoms with Crippen molar-refractivity contribution in [2.75, 3.05) is 17.2 Å². The fourth-order valence-corrected chi connectivity index (χ4v) is 2.98. The van der Waals surface area contributed by atoms with E-state index in [-0.39, 0.29) is 5.91 Å². The predicted molar refractivity (Wildman–Crippen MR) is 92.8 cm³/mol. The highest BCUT2D eigenvalue weighted by Gasteiger charge is 2.34. The Morgan fingerprint density at radius 2 is 2.04 bits per heavy atom. The van der Waals surface area contributed by atoms with Crippen LogP contribution in [0.3, 0.4) is 0 Å². The van der Waals surface area contributed by atoms with E-state index in [2.05, 4.69) is 26.0 Å². The second-order valence-electron chi connectivity index (χ2n) is 6.02. The summed E-state index contributed by atoms with van der Waals surface area (Å²) < 4.78 is 5.97. The second-order valence-corrected chi connectivity index (χ2v) is 6.02. The van der Waals surface area contributed by atoms with E-state index in [1.807, 2.05) is 30.3 Å². The molecule has 120 valence electrons. The van der Waals surface area contributed by atoms with E-state index in [0.29, 0.717) is 18.7 Å². The zero-order valence-electron chi connectivity index (χ0n) is 13.6. The summed E-state index contributed by atoms with van der Waals surface area (Å²) in [6.07, 6.45) is 0.973. The monoisotopic (exact) mass is 310 g/mol. The number of nitrogen functional groups attached to an aromatic ring is 1. The van der Waals surface area contributed by atoms with Gasteiger partial charge in [-0.2, -0.15) is 0 Å². The third-order valence-corrected chi connectivity index (χ3v) is 4.04. The Morgan fingerprint density at radius 3 is 2.78 bits per heavy atom. The number of hydrogen-bond acceptors (Lipinski definition) is 3. The maximum atomic E-state index is 12.8. The van der Waals surface area contributed by atoms with Crippen molar-refractivity contribution in [3.8, 4) is 5.75 Å². The first-order chi connectivity index (χ1) is 11.1. The number of nitrogens with two attached hydrogens (primary N) is 1. The van der Waals surface area contributed by atoms with Gasteiger partial charge < -0.3 is 15.4 Å². The van der Waals surface area contributed by atoms with Crippen LogP contribution in [0.25, 0.3) is 0 Å². The minimum atomic E-state index is -0.487. The summed E-state index contributed by atoms with van der Waals surface area (Å²) in [5.74, 6) is 0.733. The molecule has 4 heteroatoms. The number of anilines is 2. The molecule has 2 aromatic carbocycles. The Morgan fingerprint density at radius 1 is 1.22 bits per heavy atom. The summed E-state index contributed by atoms with van der Waals surface area (Å²) in [6.45, 7) is 4.78. The average molecular weight is 310 g/mol. The molecule has 0 radical (unpaired) electrons. The summed E-state index contributed by atoms with van der Waals surface area (Å²) in [4.78, 5) is 14.6. The first kappa shape index (κ1) is 15.4. The van der Waals surface area contributed by atoms with Crippen molar-refractivity contribution in [2.45, 2.75) is 32.8 Å². The van der Waals surface area contributed by atoms with Crippen LogP contribution in [0, 0.1) is 6.92 Å². The molecule has 0 spiro atoms. The summed E-state index contributed by atoms with van der Waals surface area (Å²) >= 11 is 0. The van der Waals surface area contributed by atoms with Crippen LogP contribution in [-0.4, -0.2) is 18.6 Å². The number of rotatable bonds is 4. The van der Waals surface area contributed by atoms with E-state index < -0.39 is 6.10 Å². The van der Waals surface area contributed by atoms with Crippen molar-refractivity contribution >= 4 is 17.3 Å². The van der Waals surface area contributed by atoms with Crippen LogP contribution in [0.5, 0.6) is 5.75 Å². The van der Waals surface area contributed by atoms with Gasteiger partial charge in [0.25, 0.3) is 5.91 Å². The molecule has 2 aromatic rings. The minimum absolute atomic E-state index is 0.00598. The standard InChI is InChI=1S/C19H22N2O2/c1-3-9-21-16-12-15(20)7-8-17(16)23-18(19(21)22)11-14-6-4-5-13(2)10-14/h4-8,10,12,18H,3,9,11,20H2,1-2H3. The van der Waals surface area contributed by atoms with Gasteiger partial charge in [0.2, 0.25) is 0 Å². The first-order valence-corrected chi connectivity index (χ1v) is 8.01. The number of carbonyl (C=O) groups is 1. The summed E-state index contributed by atoms with van der Waals surface area (Å²) in [5, 5.41) is 0. The van der Waals surface area contributed by atoms with Crippen molar-refractivity contribution in [1.29, 1.82) is 0 Å². The molecule has 0 saturated heterocycles. The number of aryl methyl sites for hydroxylation is 1. The van der Waals surface area contributed by atoms with Gasteiger partial charge in [-0.1, -0.05) is 36.8 Å². The quantitative estimate of drug-likeness (QED) is 0.881. The van der Waals surface area contributed by atoms with Crippen LogP contribution < -0.4 is 15.4 Å². The van der Waals surface area contributed by atoms with Gasteiger partial charge in [0.15, 0.2) is 6.10 Å². The molecule has 0 aliphatic carbocycles. The zero-order valence-corrected chi connectivity index (χ0v) is 13.6. The number of hydrogen-bond donors (Lipinski definition) is 1. The lowest BCUT2D eigenvalue weighted by atomic mass is 10.0. The van der Waals surface area contributed by atoms with Crippen molar-refractivity contribution < 1.29 is 9.53 Å². The Kier molecular flexibility index (Phi) is 4.24. The van der Waals surface area contributed by atoms with Gasteiger partial charge in [-0.05, 0) is 37.1 Å². The smallest absolute Gasteiger partial charge is 0.268 e. The van der Waals surface area contributed by atoms with Gasteiger partial charge in [0, 0.05) is 18.7 Å². The third-order valence-electron chi connectivity index (χ3n) is 4.04. The number of nitrogens with zero attached hydrogens (tertiary/aromatic N) is 1. The maximum absolute atomic E-state index is 12.8. The van der Waals surface area contributed by atoms with Crippen LogP contribution in [0.4, 0.5) is 11.4 Å². The average Bonchev–Trinajstić information content (AvgIpc) is 2.52. The molecule has 1 unspecified atom stereocenters. The van der Waals surface area contributed by atoms with Crippen LogP contribution in [0.2, 0.25) is 0 Å². The highest BCUT2D eigenvalue weighted by Crippen LogP contribution is 2.36. The van der Waals surface area contributed by atoms with Crippen molar-refractivity contribution in [3.05, 3.63) is 53.6 Å². The van der Waals surface area contributed by atoms with Gasteiger partial charge in [0.05, 0.1) is 5.69 Å². The summed E-state index contributed by atoms with van der Waals surface area (Å²) in [7, 11) is 0. The molecule has 0 aromatic heterocycles. The largest absolute Gasteiger partial charge is 0.478 e. The molecule has 1 atom stereocenters. The lowest BCUT2D eigenvalue weighted by Crippen LogP contribution is -2.47. The lowest BCUT2D eigenvalue weighted by molar-refractivity contribution is -0.126.